The summed E-state index contributed by atoms with van der Waals surface area (Å²) in [6, 6.07) is 11.3. The summed E-state index contributed by atoms with van der Waals surface area (Å²) in [5, 5.41) is 2.88. The van der Waals surface area contributed by atoms with Crippen LogP contribution in [0.4, 0.5) is 0 Å². The van der Waals surface area contributed by atoms with Crippen molar-refractivity contribution in [1.82, 2.24) is 5.32 Å². The first kappa shape index (κ1) is 13.2. The topological polar surface area (TPSA) is 51.5 Å². The van der Waals surface area contributed by atoms with Crippen molar-refractivity contribution >= 4 is 5.91 Å². The van der Waals surface area contributed by atoms with Crippen LogP contribution in [0.1, 0.15) is 17.7 Å². The highest BCUT2D eigenvalue weighted by atomic mass is 16.5. The minimum absolute atomic E-state index is 0.00214. The van der Waals surface area contributed by atoms with Gasteiger partial charge in [0.2, 0.25) is 5.91 Å². The Morgan fingerprint density at radius 1 is 1.26 bits per heavy atom. The average molecular weight is 259 g/mol. The maximum Gasteiger partial charge on any atom is 0.220 e. The highest BCUT2D eigenvalue weighted by Crippen LogP contribution is 2.16. The van der Waals surface area contributed by atoms with Crippen LogP contribution in [-0.4, -0.2) is 13.0 Å². The van der Waals surface area contributed by atoms with Gasteiger partial charge in [-0.25, -0.2) is 0 Å². The standard InChI is InChI=1S/C15H17NO3/c1-18-14-7-3-2-5-12(14)11-16-15(17)9-8-13-6-4-10-19-13/h2-7,10H,8-9,11H2,1H3,(H,16,17). The zero-order valence-corrected chi connectivity index (χ0v) is 10.9. The van der Waals surface area contributed by atoms with E-state index in [-0.39, 0.29) is 5.91 Å². The number of furan rings is 1. The molecule has 0 radical (unpaired) electrons. The van der Waals surface area contributed by atoms with Gasteiger partial charge in [-0.05, 0) is 18.2 Å². The number of methoxy groups -OCH3 is 1. The smallest absolute Gasteiger partial charge is 0.220 e. The molecule has 0 atom stereocenters. The van der Waals surface area contributed by atoms with Crippen LogP contribution in [0, 0.1) is 0 Å². The first-order chi connectivity index (χ1) is 9.29. The van der Waals surface area contributed by atoms with Crippen LogP contribution in [0.3, 0.4) is 0 Å². The number of benzene rings is 1. The van der Waals surface area contributed by atoms with Crippen LogP contribution >= 0.6 is 0 Å². The lowest BCUT2D eigenvalue weighted by Crippen LogP contribution is -2.23. The van der Waals surface area contributed by atoms with E-state index in [1.54, 1.807) is 13.4 Å². The summed E-state index contributed by atoms with van der Waals surface area (Å²) in [6.45, 7) is 0.473. The van der Waals surface area contributed by atoms with E-state index in [1.165, 1.54) is 0 Å². The second-order valence-corrected chi connectivity index (χ2v) is 4.17. The minimum atomic E-state index is 0.00214. The highest BCUT2D eigenvalue weighted by molar-refractivity contribution is 5.76. The van der Waals surface area contributed by atoms with Crippen molar-refractivity contribution in [2.24, 2.45) is 0 Å². The molecule has 0 aliphatic carbocycles. The molecule has 19 heavy (non-hydrogen) atoms. The van der Waals surface area contributed by atoms with Crippen molar-refractivity contribution < 1.29 is 13.9 Å². The monoisotopic (exact) mass is 259 g/mol. The summed E-state index contributed by atoms with van der Waals surface area (Å²) < 4.78 is 10.4. The molecule has 4 nitrogen and oxygen atoms in total. The van der Waals surface area contributed by atoms with Gasteiger partial charge in [0.1, 0.15) is 11.5 Å². The number of carbonyl (C=O) groups is 1. The third kappa shape index (κ3) is 3.88. The molecule has 1 N–H and O–H groups in total. The molecule has 0 aliphatic rings. The fourth-order valence-corrected chi connectivity index (χ4v) is 1.82. The van der Waals surface area contributed by atoms with Gasteiger partial charge in [-0.2, -0.15) is 0 Å². The van der Waals surface area contributed by atoms with E-state index < -0.39 is 0 Å². The average Bonchev–Trinajstić information content (AvgIpc) is 2.96. The Morgan fingerprint density at radius 2 is 2.11 bits per heavy atom. The van der Waals surface area contributed by atoms with Crippen LogP contribution in [-0.2, 0) is 17.8 Å². The van der Waals surface area contributed by atoms with Gasteiger partial charge in [0.05, 0.1) is 13.4 Å². The molecule has 2 rings (SSSR count). The van der Waals surface area contributed by atoms with Gasteiger partial charge in [-0.3, -0.25) is 4.79 Å². The van der Waals surface area contributed by atoms with Crippen LogP contribution in [0.15, 0.2) is 47.1 Å². The molecule has 0 spiro atoms. The Balaban J connectivity index is 1.80. The molecule has 0 fully saturated rings. The Bertz CT molecular complexity index is 520. The quantitative estimate of drug-likeness (QED) is 0.867. The number of amides is 1. The minimum Gasteiger partial charge on any atom is -0.496 e. The predicted molar refractivity (Wildman–Crippen MR) is 71.9 cm³/mol. The van der Waals surface area contributed by atoms with Crippen molar-refractivity contribution in [3.63, 3.8) is 0 Å². The van der Waals surface area contributed by atoms with E-state index in [0.717, 1.165) is 17.1 Å². The number of hydrogen-bond donors (Lipinski definition) is 1. The summed E-state index contributed by atoms with van der Waals surface area (Å²) in [4.78, 5) is 11.7. The van der Waals surface area contributed by atoms with E-state index in [2.05, 4.69) is 5.32 Å². The van der Waals surface area contributed by atoms with Gasteiger partial charge in [0.15, 0.2) is 0 Å². The number of carbonyl (C=O) groups excluding carboxylic acids is 1. The van der Waals surface area contributed by atoms with Crippen molar-refractivity contribution in [3.8, 4) is 5.75 Å². The molecule has 2 aromatic rings. The number of nitrogens with one attached hydrogen (secondary N) is 1. The van der Waals surface area contributed by atoms with E-state index >= 15 is 0 Å². The van der Waals surface area contributed by atoms with Crippen molar-refractivity contribution in [3.05, 3.63) is 54.0 Å². The molecule has 0 saturated heterocycles. The Kier molecular flexibility index (Phi) is 4.61. The molecule has 1 heterocycles. The number of para-hydroxylation sites is 1. The summed E-state index contributed by atoms with van der Waals surface area (Å²) in [5.74, 6) is 1.61. The van der Waals surface area contributed by atoms with Gasteiger partial charge in [-0.1, -0.05) is 18.2 Å². The fraction of sp³-hybridized carbons (Fsp3) is 0.267. The van der Waals surface area contributed by atoms with Gasteiger partial charge in [0, 0.05) is 24.9 Å². The number of ether oxygens (including phenoxy) is 1. The lowest BCUT2D eigenvalue weighted by Gasteiger charge is -2.09. The Morgan fingerprint density at radius 3 is 2.84 bits per heavy atom. The number of aryl methyl sites for hydroxylation is 1. The molecule has 0 aliphatic heterocycles. The lowest BCUT2D eigenvalue weighted by atomic mass is 10.2. The van der Waals surface area contributed by atoms with Gasteiger partial charge in [0.25, 0.3) is 0 Å². The van der Waals surface area contributed by atoms with E-state index in [0.29, 0.717) is 19.4 Å². The summed E-state index contributed by atoms with van der Waals surface area (Å²) in [7, 11) is 1.62. The normalized spacial score (nSPS) is 10.2. The maximum absolute atomic E-state index is 11.7. The first-order valence-corrected chi connectivity index (χ1v) is 6.20. The molecule has 1 amide bonds. The Hall–Kier alpha value is -2.23. The fourth-order valence-electron chi connectivity index (χ4n) is 1.82. The third-order valence-corrected chi connectivity index (χ3v) is 2.85. The second kappa shape index (κ2) is 6.64. The third-order valence-electron chi connectivity index (χ3n) is 2.85. The molecule has 4 heteroatoms. The van der Waals surface area contributed by atoms with Crippen molar-refractivity contribution in [1.29, 1.82) is 0 Å². The van der Waals surface area contributed by atoms with Crippen molar-refractivity contribution in [2.75, 3.05) is 7.11 Å². The van der Waals surface area contributed by atoms with E-state index in [4.69, 9.17) is 9.15 Å². The Labute approximate surface area is 112 Å². The molecular formula is C15H17NO3. The van der Waals surface area contributed by atoms with Crippen LogP contribution in [0.2, 0.25) is 0 Å². The molecular weight excluding hydrogens is 242 g/mol. The summed E-state index contributed by atoms with van der Waals surface area (Å²) in [5.41, 5.74) is 0.969. The van der Waals surface area contributed by atoms with Crippen LogP contribution in [0.25, 0.3) is 0 Å². The molecule has 100 valence electrons. The van der Waals surface area contributed by atoms with Crippen LogP contribution < -0.4 is 10.1 Å². The maximum atomic E-state index is 11.7. The van der Waals surface area contributed by atoms with Gasteiger partial charge >= 0.3 is 0 Å². The zero-order chi connectivity index (χ0) is 13.5. The summed E-state index contributed by atoms with van der Waals surface area (Å²) >= 11 is 0. The van der Waals surface area contributed by atoms with Gasteiger partial charge in [-0.15, -0.1) is 0 Å². The molecule has 0 saturated carbocycles. The first-order valence-electron chi connectivity index (χ1n) is 6.20. The number of hydrogen-bond acceptors (Lipinski definition) is 3. The largest absolute Gasteiger partial charge is 0.496 e. The molecule has 1 aromatic heterocycles. The predicted octanol–water partition coefficient (Wildman–Crippen LogP) is 2.54. The second-order valence-electron chi connectivity index (χ2n) is 4.17. The number of rotatable bonds is 6. The SMILES string of the molecule is COc1ccccc1CNC(=O)CCc1ccco1. The zero-order valence-electron chi connectivity index (χ0n) is 10.9. The molecule has 1 aromatic carbocycles. The lowest BCUT2D eigenvalue weighted by molar-refractivity contribution is -0.121. The molecule has 0 unspecified atom stereocenters. The van der Waals surface area contributed by atoms with Crippen molar-refractivity contribution in [2.45, 2.75) is 19.4 Å². The summed E-state index contributed by atoms with van der Waals surface area (Å²) in [6.07, 6.45) is 2.65. The molecule has 0 bridgehead atoms. The van der Waals surface area contributed by atoms with E-state index in [1.807, 2.05) is 36.4 Å². The highest BCUT2D eigenvalue weighted by Gasteiger charge is 2.06. The van der Waals surface area contributed by atoms with E-state index in [9.17, 15) is 4.79 Å². The van der Waals surface area contributed by atoms with Crippen LogP contribution in [0.5, 0.6) is 5.75 Å². The van der Waals surface area contributed by atoms with Gasteiger partial charge < -0.3 is 14.5 Å².